The molecule has 0 spiro atoms. The number of hydrogen-bond donors (Lipinski definition) is 0. The molecule has 12 saturated carbocycles. The zero-order chi connectivity index (χ0) is 71.4. The van der Waals surface area contributed by atoms with Gasteiger partial charge in [-0.2, -0.15) is 0 Å². The van der Waals surface area contributed by atoms with E-state index < -0.39 is 141 Å². The van der Waals surface area contributed by atoms with Crippen LogP contribution in [0.3, 0.4) is 0 Å². The molecule has 0 aromatic rings. The van der Waals surface area contributed by atoms with Gasteiger partial charge in [0.15, 0.2) is 0 Å². The summed E-state index contributed by atoms with van der Waals surface area (Å²) in [7, 11) is 57.4. The molecule has 0 aliphatic heterocycles. The Morgan fingerprint density at radius 3 is 0.500 bits per heavy atom. The van der Waals surface area contributed by atoms with Gasteiger partial charge in [-0.3, -0.25) is 0 Å². The van der Waals surface area contributed by atoms with Crippen molar-refractivity contribution in [1.29, 1.82) is 0 Å². The van der Waals surface area contributed by atoms with Gasteiger partial charge >= 0.3 is 227 Å². The van der Waals surface area contributed by atoms with Gasteiger partial charge in [0.05, 0.1) is 16.1 Å². The average Bonchev–Trinajstić information content (AvgIpc) is 1.60. The van der Waals surface area contributed by atoms with Crippen molar-refractivity contribution in [3.05, 3.63) is 101 Å². The summed E-state index contributed by atoms with van der Waals surface area (Å²) in [6, 6.07) is 3.25. The van der Waals surface area contributed by atoms with Crippen LogP contribution in [0.2, 0.25) is 49.4 Å². The molecule has 0 aromatic heterocycles. The SMILES string of the molecule is C(=C\CC1CCCC1)/CC1CCCC1.C(CCC1CCCC1)CCC1CCCC1.C1CCCC1.C1CCCC1.C1CCCC1.C1CCCC1.C1CCCC1.C1CCCC1.C[Si](C)(CCC[Si](C)(C)C1CCCC1)C1CCCC1.[CH3-].[CH3-].[CH3-].[CH3-].[CH3-].[CH3-].[CH3-].[CH3-].[CH3-].[CH3-].[CH3-].[CH3-].[Cl][Zr+2][Cl].[Cl][Zr+2][Cl].[Cl][Zr+2][Cl].[Cl][Zr+2][Cl].[Cl][Zr+2][Cl].[Cl][Zr+2][Cl]. The molecule has 0 amide bonds. The molecule has 0 bridgehead atoms. The number of halogens is 12. The fourth-order valence-corrected chi connectivity index (χ4v) is 24.1. The third kappa shape index (κ3) is 111. The number of rotatable bonds is 16. The summed E-state index contributed by atoms with van der Waals surface area (Å²) in [4.78, 5) is 0. The van der Waals surface area contributed by atoms with Crippen LogP contribution in [0.5, 0.6) is 0 Å². The minimum absolute atomic E-state index is 0. The summed E-state index contributed by atoms with van der Waals surface area (Å²) in [6.45, 7) is 10.8. The second-order valence-corrected chi connectivity index (χ2v) is 64.0. The molecule has 0 saturated heterocycles. The molecule has 0 unspecified atom stereocenters. The Hall–Kier alpha value is 8.95. The van der Waals surface area contributed by atoms with Crippen LogP contribution in [-0.2, 0) is 125 Å². The molecule has 0 N–H and O–H groups in total. The van der Waals surface area contributed by atoms with Crippen molar-refractivity contribution in [2.24, 2.45) is 23.7 Å². The van der Waals surface area contributed by atoms with Crippen LogP contribution in [-0.4, -0.2) is 16.1 Å². The molecule has 652 valence electrons. The van der Waals surface area contributed by atoms with E-state index in [1.807, 2.05) is 0 Å². The van der Waals surface area contributed by atoms with Crippen LogP contribution in [0.1, 0.15) is 398 Å². The van der Waals surface area contributed by atoms with Gasteiger partial charge in [-0.1, -0.05) is 436 Å². The number of allylic oxidation sites excluding steroid dienone is 2. The van der Waals surface area contributed by atoms with E-state index in [4.69, 9.17) is 102 Å². The Balaban J connectivity index is -0.0000000688. The molecule has 0 nitrogen and oxygen atoms in total. The summed E-state index contributed by atoms with van der Waals surface area (Å²) in [5.74, 6) is 4.32. The summed E-state index contributed by atoms with van der Waals surface area (Å²) < 4.78 is 0. The van der Waals surface area contributed by atoms with E-state index >= 15 is 0 Å². The van der Waals surface area contributed by atoms with Gasteiger partial charge in [0.1, 0.15) is 0 Å². The Kier molecular flexibility index (Phi) is 174. The van der Waals surface area contributed by atoms with Crippen LogP contribution in [0, 0.1) is 113 Å². The van der Waals surface area contributed by atoms with Crippen molar-refractivity contribution >= 4 is 118 Å². The minimum atomic E-state index is -0.887. The van der Waals surface area contributed by atoms with E-state index in [2.05, 4.69) is 38.3 Å². The normalized spacial score (nSPS) is 18.0. The van der Waals surface area contributed by atoms with Crippen LogP contribution < -0.4 is 0 Å². The molecule has 12 aliphatic carbocycles. The Labute approximate surface area is 803 Å². The van der Waals surface area contributed by atoms with Crippen molar-refractivity contribution in [2.45, 2.75) is 447 Å². The molecule has 12 aliphatic rings. The Morgan fingerprint density at radius 2 is 0.343 bits per heavy atom. The van der Waals surface area contributed by atoms with E-state index in [9.17, 15) is 0 Å². The molecular formula is C88H184Cl12Si2Zr6. The van der Waals surface area contributed by atoms with E-state index in [-0.39, 0.29) is 89.1 Å². The van der Waals surface area contributed by atoms with Gasteiger partial charge in [-0.25, -0.2) is 0 Å². The van der Waals surface area contributed by atoms with Crippen molar-refractivity contribution < 1.29 is 125 Å². The third-order valence-corrected chi connectivity index (χ3v) is 31.7. The second kappa shape index (κ2) is 124. The molecule has 20 heteroatoms. The maximum atomic E-state index is 4.93. The third-order valence-electron chi connectivity index (χ3n) is 22.8. The first-order valence-electron chi connectivity index (χ1n) is 40.2. The van der Waals surface area contributed by atoms with Gasteiger partial charge in [0.2, 0.25) is 0 Å². The van der Waals surface area contributed by atoms with E-state index in [0.717, 1.165) is 23.7 Å². The Morgan fingerprint density at radius 1 is 0.204 bits per heavy atom. The standard InChI is InChI=1S/C17H36Si2.C15H28.C14H24.6C5H10.12CH3.12ClH.6Zr/c1-18(2,16-10-5-6-11-16)14-9-15-19(3,4)17-12-7-8-13-17;1(2-8-14-10-4-5-11-14)3-9-15-12-6-7-13-15;1-2-8-13(7-1)11-5-6-12-14-9-3-4-10-14;6*1-2-4-5-3-1;;;;;;;;;;;;;;;;;;;;;;;;;;;;;;/h16-17H,5-15H2,1-4H3;14-15H,1-13H2;5-6,13-14H,1-4,7-12H2;6*1-5H2;12*1H3;12*1H;;;;;;/q;;;;;;;;;12*-1;;;;;;;;;;;;;6*+4/p-12/b;;6-5+;;;;;;;;;;;;;;;;;;;;;;;;;;;;;;;;;;;;. The fraction of sp³-hybridized carbons (Fsp3) is 0.841. The predicted molar refractivity (Wildman–Crippen MR) is 509 cm³/mol. The maximum absolute atomic E-state index is 4.93. The van der Waals surface area contributed by atoms with E-state index in [0.29, 0.717) is 0 Å². The van der Waals surface area contributed by atoms with Crippen molar-refractivity contribution in [1.82, 2.24) is 0 Å². The molecule has 12 fully saturated rings. The average molecular weight is 2270 g/mol. The summed E-state index contributed by atoms with van der Waals surface area (Å²) >= 11 is -4.95. The van der Waals surface area contributed by atoms with Crippen molar-refractivity contribution in [3.8, 4) is 0 Å². The van der Waals surface area contributed by atoms with Crippen LogP contribution >= 0.6 is 102 Å². The number of hydrogen-bond acceptors (Lipinski definition) is 0. The van der Waals surface area contributed by atoms with Crippen molar-refractivity contribution in [3.63, 3.8) is 0 Å². The first-order valence-corrected chi connectivity index (χ1v) is 84.8. The van der Waals surface area contributed by atoms with Gasteiger partial charge in [-0.05, 0) is 47.6 Å². The quantitative estimate of drug-likeness (QED) is 0.0625. The topological polar surface area (TPSA) is 0 Å². The molecule has 0 aromatic carbocycles. The summed E-state index contributed by atoms with van der Waals surface area (Å²) in [6.07, 6.45) is 98.5. The zero-order valence-corrected chi connectivity index (χ0v) is 100. The number of unbranched alkanes of at least 4 members (excludes halogenated alkanes) is 2. The first-order chi connectivity index (χ1) is 46.8. The van der Waals surface area contributed by atoms with Gasteiger partial charge < -0.3 is 89.1 Å². The molecule has 12 rings (SSSR count). The zero-order valence-electron chi connectivity index (χ0n) is 74.4. The predicted octanol–water partition coefficient (Wildman–Crippen LogP) is 42.1. The molecular weight excluding hydrogens is 2090 g/mol. The Bertz CT molecular complexity index is 1230. The van der Waals surface area contributed by atoms with Crippen LogP contribution in [0.15, 0.2) is 12.2 Å². The van der Waals surface area contributed by atoms with E-state index in [1.54, 1.807) is 82.7 Å². The molecule has 0 atom stereocenters. The van der Waals surface area contributed by atoms with E-state index in [1.165, 1.54) is 339 Å². The second-order valence-electron chi connectivity index (χ2n) is 31.0. The monoisotopic (exact) mass is 2260 g/mol. The van der Waals surface area contributed by atoms with Crippen molar-refractivity contribution in [2.75, 3.05) is 0 Å². The van der Waals surface area contributed by atoms with Gasteiger partial charge in [0.25, 0.3) is 0 Å². The van der Waals surface area contributed by atoms with Crippen LogP contribution in [0.4, 0.5) is 0 Å². The first kappa shape index (κ1) is 151. The molecule has 0 heterocycles. The molecule has 108 heavy (non-hydrogen) atoms. The van der Waals surface area contributed by atoms with Gasteiger partial charge in [0, 0.05) is 0 Å². The molecule has 0 radical (unpaired) electrons. The van der Waals surface area contributed by atoms with Gasteiger partial charge in [-0.15, -0.1) is 0 Å². The summed E-state index contributed by atoms with van der Waals surface area (Å²) in [5.41, 5.74) is 2.34. The fourth-order valence-electron chi connectivity index (χ4n) is 16.8. The summed E-state index contributed by atoms with van der Waals surface area (Å²) in [5, 5.41) is 0. The van der Waals surface area contributed by atoms with Crippen LogP contribution in [0.25, 0.3) is 0 Å².